The van der Waals surface area contributed by atoms with Gasteiger partial charge in [0.2, 0.25) is 5.91 Å². The average Bonchev–Trinajstić information content (AvgIpc) is 2.51. The zero-order valence-electron chi connectivity index (χ0n) is 13.3. The van der Waals surface area contributed by atoms with Crippen molar-refractivity contribution < 1.29 is 9.53 Å². The van der Waals surface area contributed by atoms with E-state index in [4.69, 9.17) is 4.74 Å². The smallest absolute Gasteiger partial charge is 0.236 e. The van der Waals surface area contributed by atoms with E-state index < -0.39 is 0 Å². The van der Waals surface area contributed by atoms with Crippen LogP contribution in [0.2, 0.25) is 0 Å². The van der Waals surface area contributed by atoms with E-state index in [9.17, 15) is 4.79 Å². The molecule has 0 saturated heterocycles. The minimum atomic E-state index is -0.301. The lowest BCUT2D eigenvalue weighted by Crippen LogP contribution is -2.46. The fourth-order valence-electron chi connectivity index (χ4n) is 2.51. The second-order valence-electron chi connectivity index (χ2n) is 5.20. The summed E-state index contributed by atoms with van der Waals surface area (Å²) in [5.41, 5.74) is 1.14. The highest BCUT2D eigenvalue weighted by Crippen LogP contribution is 2.16. The van der Waals surface area contributed by atoms with Crippen LogP contribution in [0.3, 0.4) is 0 Å². The van der Waals surface area contributed by atoms with Crippen molar-refractivity contribution in [2.24, 2.45) is 0 Å². The maximum Gasteiger partial charge on any atom is 0.236 e. The molecule has 1 unspecified atom stereocenters. The normalized spacial score (nSPS) is 12.4. The first-order valence-electron chi connectivity index (χ1n) is 7.65. The molecule has 118 valence electrons. The van der Waals surface area contributed by atoms with Gasteiger partial charge in [-0.1, -0.05) is 44.2 Å². The number of rotatable bonds is 9. The van der Waals surface area contributed by atoms with E-state index in [1.165, 1.54) is 0 Å². The molecule has 0 bridgehead atoms. The van der Waals surface area contributed by atoms with Crippen LogP contribution in [0.15, 0.2) is 30.3 Å². The Kier molecular flexibility index (Phi) is 8.47. The third-order valence-corrected chi connectivity index (χ3v) is 4.16. The third-order valence-electron chi connectivity index (χ3n) is 3.76. The van der Waals surface area contributed by atoms with Crippen LogP contribution in [0, 0.1) is 0 Å². The Morgan fingerprint density at radius 3 is 2.38 bits per heavy atom. The number of carbonyl (C=O) groups is 1. The molecule has 0 fully saturated rings. The summed E-state index contributed by atoms with van der Waals surface area (Å²) in [7, 11) is 1.66. The number of carbonyl (C=O) groups excluding carboxylic acids is 1. The van der Waals surface area contributed by atoms with Crippen molar-refractivity contribution >= 4 is 18.5 Å². The van der Waals surface area contributed by atoms with Gasteiger partial charge in [-0.15, -0.1) is 0 Å². The summed E-state index contributed by atoms with van der Waals surface area (Å²) in [5, 5.41) is -0.301. The van der Waals surface area contributed by atoms with Crippen LogP contribution >= 0.6 is 12.6 Å². The van der Waals surface area contributed by atoms with Crippen LogP contribution in [0.25, 0.3) is 0 Å². The first kappa shape index (κ1) is 18.1. The van der Waals surface area contributed by atoms with Crippen LogP contribution in [0.4, 0.5) is 0 Å². The quantitative estimate of drug-likeness (QED) is 0.710. The summed E-state index contributed by atoms with van der Waals surface area (Å²) in [4.78, 5) is 14.6. The van der Waals surface area contributed by atoms with Crippen LogP contribution in [-0.2, 0) is 16.0 Å². The SMILES string of the molecule is CCC(CC)N(CCOC)C(=O)C(S)Cc1ccccc1. The van der Waals surface area contributed by atoms with Crippen LogP contribution < -0.4 is 0 Å². The number of nitrogens with zero attached hydrogens (tertiary/aromatic N) is 1. The van der Waals surface area contributed by atoms with Gasteiger partial charge in [-0.3, -0.25) is 4.79 Å². The number of thiol groups is 1. The summed E-state index contributed by atoms with van der Waals surface area (Å²) < 4.78 is 5.14. The molecule has 0 aliphatic rings. The Morgan fingerprint density at radius 1 is 1.24 bits per heavy atom. The van der Waals surface area contributed by atoms with Crippen molar-refractivity contribution in [3.8, 4) is 0 Å². The second-order valence-corrected chi connectivity index (χ2v) is 5.82. The molecule has 0 aliphatic heterocycles. The van der Waals surface area contributed by atoms with Gasteiger partial charge in [0.1, 0.15) is 0 Å². The lowest BCUT2D eigenvalue weighted by atomic mass is 10.1. The average molecular weight is 309 g/mol. The van der Waals surface area contributed by atoms with Gasteiger partial charge in [0.25, 0.3) is 0 Å². The lowest BCUT2D eigenvalue weighted by molar-refractivity contribution is -0.133. The Balaban J connectivity index is 2.73. The number of benzene rings is 1. The van der Waals surface area contributed by atoms with Crippen LogP contribution in [-0.4, -0.2) is 42.4 Å². The number of ether oxygens (including phenoxy) is 1. The summed E-state index contributed by atoms with van der Waals surface area (Å²) in [6.07, 6.45) is 2.57. The van der Waals surface area contributed by atoms with Gasteiger partial charge in [0.15, 0.2) is 0 Å². The Morgan fingerprint density at radius 2 is 1.86 bits per heavy atom. The molecule has 0 radical (unpaired) electrons. The molecule has 1 atom stereocenters. The van der Waals surface area contributed by atoms with E-state index in [1.54, 1.807) is 7.11 Å². The molecule has 0 spiro atoms. The van der Waals surface area contributed by atoms with E-state index >= 15 is 0 Å². The first-order valence-corrected chi connectivity index (χ1v) is 8.17. The minimum absolute atomic E-state index is 0.105. The van der Waals surface area contributed by atoms with E-state index in [0.29, 0.717) is 19.6 Å². The van der Waals surface area contributed by atoms with E-state index in [2.05, 4.69) is 26.5 Å². The summed E-state index contributed by atoms with van der Waals surface area (Å²) in [6, 6.07) is 10.3. The lowest BCUT2D eigenvalue weighted by Gasteiger charge is -2.32. The first-order chi connectivity index (χ1) is 10.1. The third kappa shape index (κ3) is 5.71. The zero-order valence-corrected chi connectivity index (χ0v) is 14.2. The predicted molar refractivity (Wildman–Crippen MR) is 90.9 cm³/mol. The molecule has 3 nitrogen and oxygen atoms in total. The van der Waals surface area contributed by atoms with Gasteiger partial charge in [0, 0.05) is 19.7 Å². The van der Waals surface area contributed by atoms with Gasteiger partial charge in [-0.05, 0) is 24.8 Å². The summed E-state index contributed by atoms with van der Waals surface area (Å²) >= 11 is 4.54. The monoisotopic (exact) mass is 309 g/mol. The molecular weight excluding hydrogens is 282 g/mol. The number of hydrogen-bond donors (Lipinski definition) is 1. The molecule has 0 aromatic heterocycles. The van der Waals surface area contributed by atoms with Gasteiger partial charge in [-0.25, -0.2) is 0 Å². The Labute approximate surface area is 134 Å². The van der Waals surface area contributed by atoms with Crippen molar-refractivity contribution in [1.82, 2.24) is 4.90 Å². The zero-order chi connectivity index (χ0) is 15.7. The number of amides is 1. The van der Waals surface area contributed by atoms with Crippen molar-refractivity contribution in [3.63, 3.8) is 0 Å². The Hall–Kier alpha value is -1.00. The molecule has 0 aliphatic carbocycles. The molecule has 0 N–H and O–H groups in total. The van der Waals surface area contributed by atoms with E-state index in [0.717, 1.165) is 18.4 Å². The molecule has 0 saturated carbocycles. The maximum atomic E-state index is 12.7. The molecule has 1 amide bonds. The maximum absolute atomic E-state index is 12.7. The minimum Gasteiger partial charge on any atom is -0.383 e. The molecule has 4 heteroatoms. The Bertz CT molecular complexity index is 407. The van der Waals surface area contributed by atoms with Gasteiger partial charge in [0.05, 0.1) is 11.9 Å². The van der Waals surface area contributed by atoms with Crippen LogP contribution in [0.1, 0.15) is 32.3 Å². The summed E-state index contributed by atoms with van der Waals surface area (Å²) in [6.45, 7) is 5.43. The molecule has 1 aromatic carbocycles. The predicted octanol–water partition coefficient (Wildman–Crippen LogP) is 3.19. The van der Waals surface area contributed by atoms with Gasteiger partial charge < -0.3 is 9.64 Å². The largest absolute Gasteiger partial charge is 0.383 e. The van der Waals surface area contributed by atoms with Crippen LogP contribution in [0.5, 0.6) is 0 Å². The van der Waals surface area contributed by atoms with Crippen molar-refractivity contribution in [2.45, 2.75) is 44.4 Å². The fourth-order valence-corrected chi connectivity index (χ4v) is 2.87. The van der Waals surface area contributed by atoms with Crippen molar-refractivity contribution in [1.29, 1.82) is 0 Å². The highest BCUT2D eigenvalue weighted by molar-refractivity contribution is 7.81. The topological polar surface area (TPSA) is 29.5 Å². The highest BCUT2D eigenvalue weighted by atomic mass is 32.1. The molecular formula is C17H27NO2S. The van der Waals surface area contributed by atoms with Crippen molar-refractivity contribution in [3.05, 3.63) is 35.9 Å². The number of methoxy groups -OCH3 is 1. The summed E-state index contributed by atoms with van der Waals surface area (Å²) in [5.74, 6) is 0.105. The number of hydrogen-bond acceptors (Lipinski definition) is 3. The highest BCUT2D eigenvalue weighted by Gasteiger charge is 2.25. The van der Waals surface area contributed by atoms with Crippen molar-refractivity contribution in [2.75, 3.05) is 20.3 Å². The molecule has 21 heavy (non-hydrogen) atoms. The second kappa shape index (κ2) is 9.85. The molecule has 1 aromatic rings. The van der Waals surface area contributed by atoms with Gasteiger partial charge >= 0.3 is 0 Å². The van der Waals surface area contributed by atoms with E-state index in [1.807, 2.05) is 35.2 Å². The fraction of sp³-hybridized carbons (Fsp3) is 0.588. The molecule has 1 rings (SSSR count). The molecule has 0 heterocycles. The standard InChI is InChI=1S/C17H27NO2S/c1-4-15(5-2)18(11-12-20-3)17(19)16(21)13-14-9-7-6-8-10-14/h6-10,15-16,21H,4-5,11-13H2,1-3H3. The van der Waals surface area contributed by atoms with E-state index in [-0.39, 0.29) is 17.2 Å². The van der Waals surface area contributed by atoms with Gasteiger partial charge in [-0.2, -0.15) is 12.6 Å².